The standard InChI is InChI=1S/C17H26N2O3S/c1-14-5-3-6-15(11-14)12-17(8-9-17)18-23(20,21)19-10-4-7-16(19)13-22-2/h3,5-6,11,16,18H,4,7-10,12-13H2,1-2H3/t16-/m0/s1. The first-order valence-electron chi connectivity index (χ1n) is 8.29. The Balaban J connectivity index is 1.70. The minimum Gasteiger partial charge on any atom is -0.383 e. The summed E-state index contributed by atoms with van der Waals surface area (Å²) >= 11 is 0. The van der Waals surface area contributed by atoms with E-state index in [1.54, 1.807) is 11.4 Å². The highest BCUT2D eigenvalue weighted by Crippen LogP contribution is 2.40. The highest BCUT2D eigenvalue weighted by molar-refractivity contribution is 7.87. The van der Waals surface area contributed by atoms with E-state index in [1.807, 2.05) is 6.07 Å². The largest absolute Gasteiger partial charge is 0.383 e. The number of methoxy groups -OCH3 is 1. The van der Waals surface area contributed by atoms with Crippen molar-refractivity contribution in [2.75, 3.05) is 20.3 Å². The fourth-order valence-corrected chi connectivity index (χ4v) is 5.36. The van der Waals surface area contributed by atoms with Gasteiger partial charge in [-0.1, -0.05) is 29.8 Å². The van der Waals surface area contributed by atoms with Crippen LogP contribution in [0.4, 0.5) is 0 Å². The lowest BCUT2D eigenvalue weighted by Crippen LogP contribution is -2.50. The van der Waals surface area contributed by atoms with Gasteiger partial charge in [-0.05, 0) is 44.6 Å². The summed E-state index contributed by atoms with van der Waals surface area (Å²) in [7, 11) is -1.83. The van der Waals surface area contributed by atoms with Crippen molar-refractivity contribution in [1.29, 1.82) is 0 Å². The third-order valence-electron chi connectivity index (χ3n) is 4.81. The molecule has 0 bridgehead atoms. The van der Waals surface area contributed by atoms with E-state index >= 15 is 0 Å². The van der Waals surface area contributed by atoms with Crippen LogP contribution in [0.15, 0.2) is 24.3 Å². The molecule has 128 valence electrons. The molecular weight excluding hydrogens is 312 g/mol. The van der Waals surface area contributed by atoms with E-state index in [4.69, 9.17) is 4.74 Å². The van der Waals surface area contributed by atoms with E-state index in [0.29, 0.717) is 13.2 Å². The van der Waals surface area contributed by atoms with Crippen LogP contribution in [0.3, 0.4) is 0 Å². The molecule has 0 aromatic heterocycles. The van der Waals surface area contributed by atoms with Gasteiger partial charge in [0.1, 0.15) is 0 Å². The van der Waals surface area contributed by atoms with Gasteiger partial charge in [-0.25, -0.2) is 0 Å². The molecule has 1 aromatic carbocycles. The maximum atomic E-state index is 12.8. The van der Waals surface area contributed by atoms with E-state index < -0.39 is 10.2 Å². The fraction of sp³-hybridized carbons (Fsp3) is 0.647. The van der Waals surface area contributed by atoms with Crippen LogP contribution in [0, 0.1) is 6.92 Å². The molecular formula is C17H26N2O3S. The van der Waals surface area contributed by atoms with Gasteiger partial charge in [-0.15, -0.1) is 0 Å². The highest BCUT2D eigenvalue weighted by atomic mass is 32.2. The van der Waals surface area contributed by atoms with E-state index in [2.05, 4.69) is 29.8 Å². The van der Waals surface area contributed by atoms with Crippen LogP contribution >= 0.6 is 0 Å². The van der Waals surface area contributed by atoms with Crippen molar-refractivity contribution in [1.82, 2.24) is 9.03 Å². The number of benzene rings is 1. The zero-order chi connectivity index (χ0) is 16.5. The molecule has 1 N–H and O–H groups in total. The maximum absolute atomic E-state index is 12.8. The minimum atomic E-state index is -3.45. The van der Waals surface area contributed by atoms with Gasteiger partial charge in [0.05, 0.1) is 6.61 Å². The van der Waals surface area contributed by atoms with Crippen molar-refractivity contribution in [2.45, 2.75) is 50.6 Å². The zero-order valence-corrected chi connectivity index (χ0v) is 14.7. The van der Waals surface area contributed by atoms with Gasteiger partial charge in [0.25, 0.3) is 10.2 Å². The molecule has 1 saturated carbocycles. The van der Waals surface area contributed by atoms with Gasteiger partial charge in [-0.2, -0.15) is 17.4 Å². The molecule has 1 aliphatic carbocycles. The first-order chi connectivity index (χ1) is 10.9. The second-order valence-electron chi connectivity index (χ2n) is 6.92. The quantitative estimate of drug-likeness (QED) is 0.827. The topological polar surface area (TPSA) is 58.6 Å². The van der Waals surface area contributed by atoms with Crippen molar-refractivity contribution in [3.05, 3.63) is 35.4 Å². The molecule has 1 heterocycles. The minimum absolute atomic E-state index is 0.0349. The van der Waals surface area contributed by atoms with Crippen LogP contribution in [0.25, 0.3) is 0 Å². The summed E-state index contributed by atoms with van der Waals surface area (Å²) in [6.07, 6.45) is 4.35. The molecule has 2 fully saturated rings. The number of ether oxygens (including phenoxy) is 1. The van der Waals surface area contributed by atoms with Crippen molar-refractivity contribution < 1.29 is 13.2 Å². The van der Waals surface area contributed by atoms with Crippen LogP contribution < -0.4 is 4.72 Å². The van der Waals surface area contributed by atoms with E-state index in [9.17, 15) is 8.42 Å². The molecule has 23 heavy (non-hydrogen) atoms. The fourth-order valence-electron chi connectivity index (χ4n) is 3.50. The summed E-state index contributed by atoms with van der Waals surface area (Å²) in [6, 6.07) is 8.27. The summed E-state index contributed by atoms with van der Waals surface area (Å²) in [5.41, 5.74) is 2.10. The SMILES string of the molecule is COC[C@@H]1CCCN1S(=O)(=O)NC1(Cc2cccc(C)c2)CC1. The van der Waals surface area contributed by atoms with Gasteiger partial charge in [0.2, 0.25) is 0 Å². The Morgan fingerprint density at radius 3 is 2.83 bits per heavy atom. The molecule has 2 aliphatic rings. The highest BCUT2D eigenvalue weighted by Gasteiger charge is 2.48. The molecule has 1 saturated heterocycles. The zero-order valence-electron chi connectivity index (χ0n) is 13.9. The molecule has 1 aromatic rings. The van der Waals surface area contributed by atoms with Crippen molar-refractivity contribution in [3.63, 3.8) is 0 Å². The van der Waals surface area contributed by atoms with Crippen molar-refractivity contribution >= 4 is 10.2 Å². The van der Waals surface area contributed by atoms with Gasteiger partial charge in [0.15, 0.2) is 0 Å². The first-order valence-corrected chi connectivity index (χ1v) is 9.73. The smallest absolute Gasteiger partial charge is 0.280 e. The number of nitrogens with one attached hydrogen (secondary N) is 1. The molecule has 0 radical (unpaired) electrons. The van der Waals surface area contributed by atoms with E-state index in [1.165, 1.54) is 11.1 Å². The molecule has 0 spiro atoms. The predicted molar refractivity (Wildman–Crippen MR) is 90.5 cm³/mol. The maximum Gasteiger partial charge on any atom is 0.280 e. The average Bonchev–Trinajstić information content (AvgIpc) is 3.03. The number of aryl methyl sites for hydroxylation is 1. The van der Waals surface area contributed by atoms with Crippen LogP contribution in [-0.2, 0) is 21.4 Å². The molecule has 3 rings (SSSR count). The number of hydrogen-bond acceptors (Lipinski definition) is 3. The van der Waals surface area contributed by atoms with Crippen LogP contribution in [-0.4, -0.2) is 44.6 Å². The van der Waals surface area contributed by atoms with Gasteiger partial charge < -0.3 is 4.74 Å². The molecule has 6 heteroatoms. The molecule has 0 amide bonds. The normalized spacial score (nSPS) is 24.0. The molecule has 1 atom stereocenters. The summed E-state index contributed by atoms with van der Waals surface area (Å²) < 4.78 is 35.3. The van der Waals surface area contributed by atoms with Crippen molar-refractivity contribution in [3.8, 4) is 0 Å². The van der Waals surface area contributed by atoms with E-state index in [-0.39, 0.29) is 11.6 Å². The first kappa shape index (κ1) is 16.9. The van der Waals surface area contributed by atoms with E-state index in [0.717, 1.165) is 32.1 Å². The molecule has 0 unspecified atom stereocenters. The Kier molecular flexibility index (Phi) is 4.78. The number of rotatable bonds is 7. The summed E-state index contributed by atoms with van der Waals surface area (Å²) in [5.74, 6) is 0. The van der Waals surface area contributed by atoms with Crippen LogP contribution in [0.2, 0.25) is 0 Å². The number of nitrogens with zero attached hydrogens (tertiary/aromatic N) is 1. The number of hydrogen-bond donors (Lipinski definition) is 1. The van der Waals surface area contributed by atoms with Crippen LogP contribution in [0.1, 0.15) is 36.8 Å². The Morgan fingerprint density at radius 2 is 2.17 bits per heavy atom. The monoisotopic (exact) mass is 338 g/mol. The second kappa shape index (κ2) is 6.51. The Hall–Kier alpha value is -0.950. The lowest BCUT2D eigenvalue weighted by atomic mass is 10.0. The van der Waals surface area contributed by atoms with Gasteiger partial charge in [0, 0.05) is 25.2 Å². The molecule has 5 nitrogen and oxygen atoms in total. The molecule has 1 aliphatic heterocycles. The second-order valence-corrected chi connectivity index (χ2v) is 8.54. The van der Waals surface area contributed by atoms with Gasteiger partial charge in [-0.3, -0.25) is 0 Å². The Morgan fingerprint density at radius 1 is 1.39 bits per heavy atom. The van der Waals surface area contributed by atoms with Crippen LogP contribution in [0.5, 0.6) is 0 Å². The van der Waals surface area contributed by atoms with Crippen molar-refractivity contribution in [2.24, 2.45) is 0 Å². The predicted octanol–water partition coefficient (Wildman–Crippen LogP) is 2.02. The lowest BCUT2D eigenvalue weighted by molar-refractivity contribution is 0.148. The lowest BCUT2D eigenvalue weighted by Gasteiger charge is -2.27. The van der Waals surface area contributed by atoms with Gasteiger partial charge >= 0.3 is 0 Å². The third kappa shape index (κ3) is 3.94. The third-order valence-corrected chi connectivity index (χ3v) is 6.60. The summed E-state index contributed by atoms with van der Waals surface area (Å²) in [4.78, 5) is 0. The Labute approximate surface area is 139 Å². The average molecular weight is 338 g/mol. The summed E-state index contributed by atoms with van der Waals surface area (Å²) in [6.45, 7) is 3.11. The Bertz CT molecular complexity index is 656. The summed E-state index contributed by atoms with van der Waals surface area (Å²) in [5, 5.41) is 0.